The summed E-state index contributed by atoms with van der Waals surface area (Å²) in [5.74, 6) is 1.12. The Morgan fingerprint density at radius 3 is 2.26 bits per heavy atom. The van der Waals surface area contributed by atoms with Gasteiger partial charge in [-0.3, -0.25) is 0 Å². The lowest BCUT2D eigenvalue weighted by Gasteiger charge is -2.29. The Bertz CT molecular complexity index is 1150. The summed E-state index contributed by atoms with van der Waals surface area (Å²) in [5.41, 5.74) is 3.48. The van der Waals surface area contributed by atoms with Crippen molar-refractivity contribution in [2.45, 2.75) is 20.1 Å². The molecular formula is C26H26Cl4N2O3. The van der Waals surface area contributed by atoms with Gasteiger partial charge in [-0.15, -0.1) is 0 Å². The van der Waals surface area contributed by atoms with Gasteiger partial charge in [-0.1, -0.05) is 52.5 Å². The average molecular weight is 556 g/mol. The maximum Gasteiger partial charge on any atom is 0.163 e. The van der Waals surface area contributed by atoms with E-state index >= 15 is 0 Å². The number of nitrogens with one attached hydrogen (secondary N) is 1. The van der Waals surface area contributed by atoms with Gasteiger partial charge in [0.2, 0.25) is 0 Å². The van der Waals surface area contributed by atoms with Gasteiger partial charge in [-0.2, -0.15) is 0 Å². The van der Waals surface area contributed by atoms with E-state index in [0.29, 0.717) is 63.5 Å². The number of hydrogen-bond donors (Lipinski definition) is 1. The van der Waals surface area contributed by atoms with Gasteiger partial charge in [-0.05, 0) is 48.9 Å². The first-order valence-electron chi connectivity index (χ1n) is 11.3. The zero-order valence-electron chi connectivity index (χ0n) is 19.3. The molecule has 3 aromatic carbocycles. The van der Waals surface area contributed by atoms with Crippen LogP contribution in [-0.2, 0) is 17.9 Å². The van der Waals surface area contributed by atoms with Crippen LogP contribution in [0.5, 0.6) is 11.5 Å². The quantitative estimate of drug-likeness (QED) is 0.292. The highest BCUT2D eigenvalue weighted by molar-refractivity contribution is 6.36. The number of benzene rings is 3. The summed E-state index contributed by atoms with van der Waals surface area (Å²) < 4.78 is 17.2. The molecule has 0 atom stereocenters. The predicted molar refractivity (Wildman–Crippen MR) is 145 cm³/mol. The molecule has 0 aromatic heterocycles. The number of rotatable bonds is 9. The second-order valence-electron chi connectivity index (χ2n) is 7.93. The lowest BCUT2D eigenvalue weighted by molar-refractivity contribution is 0.122. The van der Waals surface area contributed by atoms with E-state index in [2.05, 4.69) is 10.2 Å². The number of nitrogens with zero attached hydrogens (tertiary/aromatic N) is 1. The maximum atomic E-state index is 6.60. The van der Waals surface area contributed by atoms with Crippen molar-refractivity contribution >= 4 is 57.8 Å². The highest BCUT2D eigenvalue weighted by Crippen LogP contribution is 2.36. The van der Waals surface area contributed by atoms with Gasteiger partial charge < -0.3 is 24.4 Å². The van der Waals surface area contributed by atoms with Crippen LogP contribution in [0.25, 0.3) is 0 Å². The molecule has 0 aliphatic carbocycles. The van der Waals surface area contributed by atoms with E-state index in [1.165, 1.54) is 0 Å². The topological polar surface area (TPSA) is 43.0 Å². The molecule has 0 saturated carbocycles. The minimum Gasteiger partial charge on any atom is -0.490 e. The molecule has 0 spiro atoms. The van der Waals surface area contributed by atoms with Crippen molar-refractivity contribution in [2.75, 3.05) is 43.1 Å². The van der Waals surface area contributed by atoms with E-state index < -0.39 is 0 Å². The number of halogens is 4. The van der Waals surface area contributed by atoms with Crippen molar-refractivity contribution in [3.63, 3.8) is 0 Å². The molecule has 1 heterocycles. The van der Waals surface area contributed by atoms with Crippen LogP contribution in [-0.4, -0.2) is 32.9 Å². The third-order valence-electron chi connectivity index (χ3n) is 5.63. The van der Waals surface area contributed by atoms with E-state index in [0.717, 1.165) is 30.0 Å². The maximum absolute atomic E-state index is 6.60. The number of hydrogen-bond acceptors (Lipinski definition) is 5. The van der Waals surface area contributed by atoms with Crippen LogP contribution in [0.15, 0.2) is 48.5 Å². The third kappa shape index (κ3) is 6.60. The molecular weight excluding hydrogens is 530 g/mol. The first-order chi connectivity index (χ1) is 17.0. The molecule has 5 nitrogen and oxygen atoms in total. The summed E-state index contributed by atoms with van der Waals surface area (Å²) in [4.78, 5) is 2.23. The van der Waals surface area contributed by atoms with E-state index in [9.17, 15) is 0 Å². The molecule has 35 heavy (non-hydrogen) atoms. The zero-order valence-corrected chi connectivity index (χ0v) is 22.3. The lowest BCUT2D eigenvalue weighted by atomic mass is 10.1. The van der Waals surface area contributed by atoms with Crippen molar-refractivity contribution in [3.05, 3.63) is 79.7 Å². The smallest absolute Gasteiger partial charge is 0.163 e. The Labute approximate surface area is 225 Å². The van der Waals surface area contributed by atoms with Gasteiger partial charge in [0.15, 0.2) is 11.5 Å². The van der Waals surface area contributed by atoms with Gasteiger partial charge >= 0.3 is 0 Å². The highest BCUT2D eigenvalue weighted by atomic mass is 35.5. The van der Waals surface area contributed by atoms with Crippen molar-refractivity contribution in [1.29, 1.82) is 0 Å². The fourth-order valence-electron chi connectivity index (χ4n) is 3.79. The first-order valence-corrected chi connectivity index (χ1v) is 12.8. The van der Waals surface area contributed by atoms with Gasteiger partial charge in [0.25, 0.3) is 0 Å². The largest absolute Gasteiger partial charge is 0.490 e. The first kappa shape index (κ1) is 26.1. The fourth-order valence-corrected chi connectivity index (χ4v) is 4.82. The van der Waals surface area contributed by atoms with Crippen LogP contribution in [0.2, 0.25) is 20.1 Å². The van der Waals surface area contributed by atoms with Crippen LogP contribution in [0, 0.1) is 0 Å². The molecule has 0 unspecified atom stereocenters. The number of anilines is 2. The van der Waals surface area contributed by atoms with E-state index in [4.69, 9.17) is 60.6 Å². The summed E-state index contributed by atoms with van der Waals surface area (Å²) in [6.45, 7) is 6.17. The molecule has 1 aliphatic rings. The standard InChI is InChI=1S/C26H26Cl4N2O3/c1-2-34-25-12-17(22(29)14-26(25)35-16-19-20(27)4-3-5-21(19)28)15-31-18-6-7-24(23(30)13-18)32-8-10-33-11-9-32/h3-7,12-14,31H,2,8-11,15-16H2,1H3. The second-order valence-corrected chi connectivity index (χ2v) is 9.56. The van der Waals surface area contributed by atoms with Crippen molar-refractivity contribution in [3.8, 4) is 11.5 Å². The van der Waals surface area contributed by atoms with Crippen molar-refractivity contribution in [1.82, 2.24) is 0 Å². The van der Waals surface area contributed by atoms with Crippen LogP contribution in [0.3, 0.4) is 0 Å². The molecule has 1 aliphatic heterocycles. The Hall–Kier alpha value is -2.02. The third-order valence-corrected chi connectivity index (χ3v) is 6.99. The van der Waals surface area contributed by atoms with Crippen LogP contribution in [0.4, 0.5) is 11.4 Å². The Morgan fingerprint density at radius 2 is 1.57 bits per heavy atom. The van der Waals surface area contributed by atoms with Crippen LogP contribution < -0.4 is 19.7 Å². The lowest BCUT2D eigenvalue weighted by Crippen LogP contribution is -2.36. The minimum atomic E-state index is 0.195. The molecule has 3 aromatic rings. The van der Waals surface area contributed by atoms with Crippen molar-refractivity contribution in [2.24, 2.45) is 0 Å². The Kier molecular flexibility index (Phi) is 9.15. The van der Waals surface area contributed by atoms with Gasteiger partial charge in [-0.25, -0.2) is 0 Å². The van der Waals surface area contributed by atoms with E-state index in [1.54, 1.807) is 24.3 Å². The molecule has 0 bridgehead atoms. The average Bonchev–Trinajstić information content (AvgIpc) is 2.85. The predicted octanol–water partition coefficient (Wildman–Crippen LogP) is 7.73. The zero-order chi connectivity index (χ0) is 24.8. The summed E-state index contributed by atoms with van der Waals surface area (Å²) in [7, 11) is 0. The van der Waals surface area contributed by atoms with Gasteiger partial charge in [0, 0.05) is 52.0 Å². The molecule has 0 amide bonds. The summed E-state index contributed by atoms with van der Waals surface area (Å²) in [6.07, 6.45) is 0. The van der Waals surface area contributed by atoms with Crippen LogP contribution >= 0.6 is 46.4 Å². The molecule has 1 N–H and O–H groups in total. The van der Waals surface area contributed by atoms with Gasteiger partial charge in [0.05, 0.1) is 30.5 Å². The van der Waals surface area contributed by atoms with Crippen LogP contribution in [0.1, 0.15) is 18.1 Å². The molecule has 9 heteroatoms. The summed E-state index contributed by atoms with van der Waals surface area (Å²) >= 11 is 25.7. The van der Waals surface area contributed by atoms with Crippen molar-refractivity contribution < 1.29 is 14.2 Å². The van der Waals surface area contributed by atoms with E-state index in [-0.39, 0.29) is 6.61 Å². The van der Waals surface area contributed by atoms with E-state index in [1.807, 2.05) is 31.2 Å². The van der Waals surface area contributed by atoms with Gasteiger partial charge in [0.1, 0.15) is 6.61 Å². The Balaban J connectivity index is 1.46. The Morgan fingerprint density at radius 1 is 0.857 bits per heavy atom. The normalized spacial score (nSPS) is 13.6. The molecule has 1 fully saturated rings. The highest BCUT2D eigenvalue weighted by Gasteiger charge is 2.16. The molecule has 0 radical (unpaired) electrons. The minimum absolute atomic E-state index is 0.195. The SMILES string of the molecule is CCOc1cc(CNc2ccc(N3CCOCC3)c(Cl)c2)c(Cl)cc1OCc1c(Cl)cccc1Cl. The second kappa shape index (κ2) is 12.3. The monoisotopic (exact) mass is 554 g/mol. The molecule has 1 saturated heterocycles. The number of ether oxygens (including phenoxy) is 3. The number of morpholine rings is 1. The fraction of sp³-hybridized carbons (Fsp3) is 0.308. The molecule has 186 valence electrons. The summed E-state index contributed by atoms with van der Waals surface area (Å²) in [6, 6.07) is 14.9. The summed E-state index contributed by atoms with van der Waals surface area (Å²) in [5, 5.41) is 5.72. The molecule has 4 rings (SSSR count).